The number of nitrogens with zero attached hydrogens (tertiary/aromatic N) is 1. The summed E-state index contributed by atoms with van der Waals surface area (Å²) in [4.78, 5) is 14.8. The van der Waals surface area contributed by atoms with Crippen LogP contribution >= 0.6 is 0 Å². The number of aromatic carboxylic acids is 1. The van der Waals surface area contributed by atoms with Crippen LogP contribution in [0.2, 0.25) is 0 Å². The molecule has 0 saturated heterocycles. The number of carboxylic acid groups (broad SMARTS) is 1. The van der Waals surface area contributed by atoms with Crippen LogP contribution in [0.4, 0.5) is 39.5 Å². The summed E-state index contributed by atoms with van der Waals surface area (Å²) in [5.74, 6) is -5.88. The first-order valence-electron chi connectivity index (χ1n) is 11.2. The van der Waals surface area contributed by atoms with Crippen LogP contribution in [0.1, 0.15) is 57.6 Å². The molecule has 0 radical (unpaired) electrons. The molecular formula is C26H16F9NO3. The lowest BCUT2D eigenvalue weighted by Crippen LogP contribution is -2.15. The van der Waals surface area contributed by atoms with Gasteiger partial charge in [0.15, 0.2) is 5.69 Å². The molecule has 3 aromatic rings. The van der Waals surface area contributed by atoms with Crippen molar-refractivity contribution in [2.24, 2.45) is 0 Å². The molecule has 0 aliphatic heterocycles. The summed E-state index contributed by atoms with van der Waals surface area (Å²) in [6.45, 7) is -0.816. The summed E-state index contributed by atoms with van der Waals surface area (Å²) in [6, 6.07) is 3.89. The summed E-state index contributed by atoms with van der Waals surface area (Å²) in [7, 11) is 0. The van der Waals surface area contributed by atoms with Gasteiger partial charge >= 0.3 is 18.3 Å². The second-order valence-electron chi connectivity index (χ2n) is 8.58. The van der Waals surface area contributed by atoms with Crippen molar-refractivity contribution >= 4 is 17.1 Å². The van der Waals surface area contributed by atoms with E-state index in [1.165, 1.54) is 0 Å². The van der Waals surface area contributed by atoms with Crippen molar-refractivity contribution in [1.29, 1.82) is 0 Å². The van der Waals surface area contributed by atoms with Crippen LogP contribution in [-0.2, 0) is 19.0 Å². The van der Waals surface area contributed by atoms with Gasteiger partial charge in [-0.15, -0.1) is 0 Å². The van der Waals surface area contributed by atoms with Crippen molar-refractivity contribution in [3.05, 3.63) is 93.6 Å². The summed E-state index contributed by atoms with van der Waals surface area (Å²) in [6.07, 6.45) is -8.42. The number of carboxylic acids is 1. The molecule has 0 atom stereocenters. The highest BCUT2D eigenvalue weighted by molar-refractivity contribution is 5.96. The van der Waals surface area contributed by atoms with Crippen LogP contribution in [0.15, 0.2) is 42.6 Å². The van der Waals surface area contributed by atoms with Gasteiger partial charge in [-0.05, 0) is 60.2 Å². The minimum absolute atomic E-state index is 0.0492. The number of benzene rings is 2. The van der Waals surface area contributed by atoms with E-state index in [1.54, 1.807) is 0 Å². The zero-order valence-electron chi connectivity index (χ0n) is 19.5. The van der Waals surface area contributed by atoms with E-state index in [1.807, 2.05) is 0 Å². The van der Waals surface area contributed by atoms with E-state index >= 15 is 0 Å². The molecule has 1 heterocycles. The molecule has 1 aliphatic carbocycles. The zero-order chi connectivity index (χ0) is 28.7. The van der Waals surface area contributed by atoms with Crippen molar-refractivity contribution in [2.45, 2.75) is 38.2 Å². The Morgan fingerprint density at radius 1 is 0.897 bits per heavy atom. The average Bonchev–Trinajstić information content (AvgIpc) is 3.31. The first-order valence-corrected chi connectivity index (χ1v) is 11.2. The van der Waals surface area contributed by atoms with E-state index in [-0.39, 0.29) is 40.9 Å². The van der Waals surface area contributed by atoms with Gasteiger partial charge in [0.25, 0.3) is 0 Å². The van der Waals surface area contributed by atoms with Crippen LogP contribution in [0, 0.1) is 17.5 Å². The van der Waals surface area contributed by atoms with Crippen molar-refractivity contribution < 1.29 is 54.2 Å². The number of hydrogen-bond donors (Lipinski definition) is 1. The third-order valence-electron chi connectivity index (χ3n) is 6.06. The molecule has 0 amide bonds. The van der Waals surface area contributed by atoms with Crippen molar-refractivity contribution in [3.63, 3.8) is 0 Å². The number of aromatic nitrogens is 1. The maximum atomic E-state index is 14.1. The Labute approximate surface area is 214 Å². The molecule has 2 aromatic carbocycles. The first-order chi connectivity index (χ1) is 18.2. The maximum absolute atomic E-state index is 14.1. The molecule has 0 fully saturated rings. The highest BCUT2D eigenvalue weighted by Crippen LogP contribution is 2.45. The van der Waals surface area contributed by atoms with Crippen LogP contribution in [0.3, 0.4) is 0 Å². The third kappa shape index (κ3) is 5.86. The first kappa shape index (κ1) is 28.0. The number of hydrogen-bond acceptors (Lipinski definition) is 3. The highest BCUT2D eigenvalue weighted by atomic mass is 19.4. The second kappa shape index (κ2) is 10.3. The molecule has 1 aliphatic rings. The molecule has 4 rings (SSSR count). The SMILES string of the molecule is O=C(O)c1cc(C2=C(c3cc(C(F)(F)F)ccc3OCc3c(F)cc(F)cc3F)CCC2)cnc1C(F)(F)F. The van der Waals surface area contributed by atoms with E-state index in [9.17, 15) is 49.4 Å². The summed E-state index contributed by atoms with van der Waals surface area (Å²) in [5.41, 5.74) is -4.31. The fourth-order valence-corrected chi connectivity index (χ4v) is 4.31. The highest BCUT2D eigenvalue weighted by Gasteiger charge is 2.38. The van der Waals surface area contributed by atoms with Gasteiger partial charge < -0.3 is 9.84 Å². The second-order valence-corrected chi connectivity index (χ2v) is 8.58. The summed E-state index contributed by atoms with van der Waals surface area (Å²) in [5, 5.41) is 9.30. The minimum atomic E-state index is -5.06. The van der Waals surface area contributed by atoms with Gasteiger partial charge in [0.1, 0.15) is 29.8 Å². The Morgan fingerprint density at radius 3 is 2.13 bits per heavy atom. The molecule has 39 heavy (non-hydrogen) atoms. The molecular weight excluding hydrogens is 545 g/mol. The van der Waals surface area contributed by atoms with Gasteiger partial charge in [0.2, 0.25) is 0 Å². The zero-order valence-corrected chi connectivity index (χ0v) is 19.5. The quantitative estimate of drug-likeness (QED) is 0.311. The molecule has 206 valence electrons. The predicted molar refractivity (Wildman–Crippen MR) is 119 cm³/mol. The van der Waals surface area contributed by atoms with Gasteiger partial charge in [0, 0.05) is 23.9 Å². The smallest absolute Gasteiger partial charge is 0.434 e. The van der Waals surface area contributed by atoms with Gasteiger partial charge in [-0.1, -0.05) is 0 Å². The van der Waals surface area contributed by atoms with Gasteiger partial charge in [-0.2, -0.15) is 26.3 Å². The lowest BCUT2D eigenvalue weighted by Gasteiger charge is -2.18. The number of halogens is 9. The topological polar surface area (TPSA) is 59.4 Å². The Kier molecular flexibility index (Phi) is 7.37. The Hall–Kier alpha value is -4.03. The lowest BCUT2D eigenvalue weighted by atomic mass is 9.94. The summed E-state index contributed by atoms with van der Waals surface area (Å²) >= 11 is 0. The number of ether oxygens (including phenoxy) is 1. The third-order valence-corrected chi connectivity index (χ3v) is 6.06. The minimum Gasteiger partial charge on any atom is -0.488 e. The van der Waals surface area contributed by atoms with Crippen LogP contribution < -0.4 is 4.74 Å². The van der Waals surface area contributed by atoms with Crippen molar-refractivity contribution in [2.75, 3.05) is 0 Å². The Bertz CT molecular complexity index is 1450. The van der Waals surface area contributed by atoms with E-state index in [4.69, 9.17) is 4.74 Å². The van der Waals surface area contributed by atoms with Crippen LogP contribution in [0.5, 0.6) is 5.75 Å². The number of pyridine rings is 1. The van der Waals surface area contributed by atoms with E-state index in [2.05, 4.69) is 4.98 Å². The molecule has 0 spiro atoms. The van der Waals surface area contributed by atoms with Crippen molar-refractivity contribution in [1.82, 2.24) is 4.98 Å². The van der Waals surface area contributed by atoms with E-state index in [0.29, 0.717) is 24.6 Å². The molecule has 13 heteroatoms. The van der Waals surface area contributed by atoms with Crippen molar-refractivity contribution in [3.8, 4) is 5.75 Å². The molecule has 1 aromatic heterocycles. The van der Waals surface area contributed by atoms with Gasteiger partial charge in [-0.3, -0.25) is 4.98 Å². The Balaban J connectivity index is 1.83. The standard InChI is InChI=1S/C26H16F9NO3/c27-14-8-20(28)19(21(29)9-14)11-39-22-5-4-13(25(30,31)32)7-17(22)16-3-1-2-15(16)12-6-18(24(37)38)23(36-10-12)26(33,34)35/h4-10H,1-3,11H2,(H,37,38). The number of rotatable bonds is 6. The van der Waals surface area contributed by atoms with E-state index in [0.717, 1.165) is 24.4 Å². The van der Waals surface area contributed by atoms with Crippen LogP contribution in [-0.4, -0.2) is 16.1 Å². The fraction of sp³-hybridized carbons (Fsp3) is 0.231. The largest absolute Gasteiger partial charge is 0.488 e. The number of allylic oxidation sites excluding steroid dienone is 2. The van der Waals surface area contributed by atoms with Gasteiger partial charge in [0.05, 0.1) is 16.7 Å². The van der Waals surface area contributed by atoms with Gasteiger partial charge in [-0.25, -0.2) is 18.0 Å². The lowest BCUT2D eigenvalue weighted by molar-refractivity contribution is -0.141. The molecule has 0 saturated carbocycles. The molecule has 0 bridgehead atoms. The summed E-state index contributed by atoms with van der Waals surface area (Å²) < 4.78 is 127. The molecule has 0 unspecified atom stereocenters. The predicted octanol–water partition coefficient (Wildman–Crippen LogP) is 7.91. The number of alkyl halides is 6. The molecule has 1 N–H and O–H groups in total. The molecule has 4 nitrogen and oxygen atoms in total. The number of carbonyl (C=O) groups is 1. The average molecular weight is 561 g/mol. The maximum Gasteiger partial charge on any atom is 0.434 e. The monoisotopic (exact) mass is 561 g/mol. The normalized spacial score (nSPS) is 14.2. The van der Waals surface area contributed by atoms with Crippen LogP contribution in [0.25, 0.3) is 11.1 Å². The van der Waals surface area contributed by atoms with E-state index < -0.39 is 64.8 Å². The Morgan fingerprint density at radius 2 is 1.54 bits per heavy atom. The fourth-order valence-electron chi connectivity index (χ4n) is 4.31.